The maximum Gasteiger partial charge on any atom is 0.361 e. The summed E-state index contributed by atoms with van der Waals surface area (Å²) in [5, 5.41) is 0. The molecule has 4 nitrogen and oxygen atoms in total. The maximum atomic E-state index is 2.12. The second-order valence-corrected chi connectivity index (χ2v) is 4.22. The van der Waals surface area contributed by atoms with Crippen LogP contribution in [0.25, 0.3) is 0 Å². The van der Waals surface area contributed by atoms with Crippen molar-refractivity contribution in [3.8, 4) is 0 Å². The van der Waals surface area contributed by atoms with Crippen LogP contribution in [0.2, 0.25) is 0 Å². The maximum absolute atomic E-state index is 2.12. The standard InChI is InChI=1S/C10H24N4.2FH/c1-11(2)9(12(3)4)10(13(5)6)14(7)8;;/h1-8H3;2*1H/q+2;;/p-2. The van der Waals surface area contributed by atoms with Gasteiger partial charge in [0.1, 0.15) is 0 Å². The van der Waals surface area contributed by atoms with Crippen LogP contribution in [0.1, 0.15) is 0 Å². The number of rotatable bonds is 0. The number of nitrogens with zero attached hydrogens (tertiary/aromatic N) is 4. The van der Waals surface area contributed by atoms with E-state index in [1.165, 1.54) is 11.7 Å². The van der Waals surface area contributed by atoms with E-state index in [1.807, 2.05) is 0 Å². The van der Waals surface area contributed by atoms with Gasteiger partial charge in [0.15, 0.2) is 0 Å². The number of likely N-dealkylation sites (N-methyl/N-ethyl adjacent to an activating group) is 2. The van der Waals surface area contributed by atoms with Gasteiger partial charge in [0.2, 0.25) is 0 Å². The van der Waals surface area contributed by atoms with Crippen LogP contribution in [-0.2, 0) is 0 Å². The molecule has 0 aromatic heterocycles. The normalized spacial score (nSPS) is 8.25. The van der Waals surface area contributed by atoms with Crippen LogP contribution < -0.4 is 9.41 Å². The molecule has 0 saturated heterocycles. The summed E-state index contributed by atoms with van der Waals surface area (Å²) in [6.45, 7) is 0. The lowest BCUT2D eigenvalue weighted by molar-refractivity contribution is -0.485. The van der Waals surface area contributed by atoms with Gasteiger partial charge >= 0.3 is 11.7 Å². The van der Waals surface area contributed by atoms with Gasteiger partial charge in [0.05, 0.1) is 56.4 Å². The second-order valence-electron chi connectivity index (χ2n) is 4.22. The van der Waals surface area contributed by atoms with Gasteiger partial charge in [-0.25, -0.2) is 0 Å². The van der Waals surface area contributed by atoms with Gasteiger partial charge in [-0.05, 0) is 0 Å². The van der Waals surface area contributed by atoms with Crippen LogP contribution in [0.5, 0.6) is 0 Å². The van der Waals surface area contributed by atoms with Crippen LogP contribution >= 0.6 is 0 Å². The molecule has 0 rings (SSSR count). The van der Waals surface area contributed by atoms with Crippen LogP contribution in [0.3, 0.4) is 0 Å². The fourth-order valence-corrected chi connectivity index (χ4v) is 1.60. The molecule has 0 atom stereocenters. The van der Waals surface area contributed by atoms with Crippen molar-refractivity contribution in [2.45, 2.75) is 0 Å². The van der Waals surface area contributed by atoms with E-state index in [2.05, 4.69) is 75.3 Å². The first-order chi connectivity index (χ1) is 6.29. The Morgan fingerprint density at radius 3 is 0.875 bits per heavy atom. The number of hydrogen-bond donors (Lipinski definition) is 0. The second kappa shape index (κ2) is 8.01. The zero-order chi connectivity index (χ0) is 11.5. The molecular formula is C10H24F2N4. The van der Waals surface area contributed by atoms with Crippen LogP contribution in [0.15, 0.2) is 0 Å². The van der Waals surface area contributed by atoms with E-state index in [0.29, 0.717) is 0 Å². The van der Waals surface area contributed by atoms with Crippen molar-refractivity contribution in [3.63, 3.8) is 0 Å². The quantitative estimate of drug-likeness (QED) is 0.236. The monoisotopic (exact) mass is 238 g/mol. The summed E-state index contributed by atoms with van der Waals surface area (Å²) in [5.41, 5.74) is 0. The summed E-state index contributed by atoms with van der Waals surface area (Å²) in [6, 6.07) is 0. The number of hydrogen-bond acceptors (Lipinski definition) is 0. The topological polar surface area (TPSA) is 12.5 Å². The summed E-state index contributed by atoms with van der Waals surface area (Å²) < 4.78 is 4.24. The SMILES string of the molecule is CN(C)C(C(N(C)C)=[N+](C)C)=[N+](C)C.[F-].[F-]. The van der Waals surface area contributed by atoms with Crippen molar-refractivity contribution in [1.82, 2.24) is 9.80 Å². The smallest absolute Gasteiger partial charge is 0.361 e. The molecule has 98 valence electrons. The molecule has 0 aromatic rings. The summed E-state index contributed by atoms with van der Waals surface area (Å²) in [6.07, 6.45) is 0. The predicted octanol–water partition coefficient (Wildman–Crippen LogP) is -6.54. The highest BCUT2D eigenvalue weighted by molar-refractivity contribution is 6.35. The van der Waals surface area contributed by atoms with Gasteiger partial charge in [-0.15, -0.1) is 0 Å². The minimum absolute atomic E-state index is 0. The number of halogens is 2. The highest BCUT2D eigenvalue weighted by atomic mass is 19.0. The average Bonchev–Trinajstić information content (AvgIpc) is 1.96. The van der Waals surface area contributed by atoms with Gasteiger partial charge < -0.3 is 9.41 Å². The third-order valence-electron chi connectivity index (χ3n) is 1.89. The van der Waals surface area contributed by atoms with Gasteiger partial charge in [-0.1, -0.05) is 0 Å². The first-order valence-corrected chi connectivity index (χ1v) is 4.72. The van der Waals surface area contributed by atoms with Crippen LogP contribution in [-0.4, -0.2) is 87.0 Å². The molecule has 0 aliphatic carbocycles. The predicted molar refractivity (Wildman–Crippen MR) is 61.6 cm³/mol. The molecule has 0 fully saturated rings. The Hall–Kier alpha value is -1.20. The molecule has 16 heavy (non-hydrogen) atoms. The van der Waals surface area contributed by atoms with E-state index in [1.54, 1.807) is 0 Å². The van der Waals surface area contributed by atoms with Crippen LogP contribution in [0.4, 0.5) is 0 Å². The van der Waals surface area contributed by atoms with Crippen molar-refractivity contribution >= 4 is 11.7 Å². The largest absolute Gasteiger partial charge is 1.00 e. The lowest BCUT2D eigenvalue weighted by atomic mass is 10.4. The van der Waals surface area contributed by atoms with Crippen molar-refractivity contribution < 1.29 is 18.6 Å². The first kappa shape index (κ1) is 20.2. The fourth-order valence-electron chi connectivity index (χ4n) is 1.60. The van der Waals surface area contributed by atoms with E-state index in [9.17, 15) is 0 Å². The number of amidine groups is 2. The van der Waals surface area contributed by atoms with Gasteiger partial charge in [0, 0.05) is 0 Å². The molecule has 0 spiro atoms. The molecule has 0 aliphatic rings. The highest BCUT2D eigenvalue weighted by Crippen LogP contribution is 1.91. The Morgan fingerprint density at radius 1 is 0.625 bits per heavy atom. The molecular weight excluding hydrogens is 214 g/mol. The molecule has 0 aliphatic heterocycles. The molecule has 0 bridgehead atoms. The van der Waals surface area contributed by atoms with E-state index in [0.717, 1.165) is 0 Å². The highest BCUT2D eigenvalue weighted by Gasteiger charge is 2.29. The molecule has 0 heterocycles. The van der Waals surface area contributed by atoms with E-state index >= 15 is 0 Å². The molecule has 6 heteroatoms. The van der Waals surface area contributed by atoms with Crippen molar-refractivity contribution in [1.29, 1.82) is 0 Å². The van der Waals surface area contributed by atoms with Gasteiger partial charge in [0.25, 0.3) is 0 Å². The van der Waals surface area contributed by atoms with E-state index in [-0.39, 0.29) is 9.41 Å². The average molecular weight is 238 g/mol. The minimum atomic E-state index is 0. The third kappa shape index (κ3) is 5.04. The molecule has 0 amide bonds. The summed E-state index contributed by atoms with van der Waals surface area (Å²) >= 11 is 0. The first-order valence-electron chi connectivity index (χ1n) is 4.72. The van der Waals surface area contributed by atoms with Crippen molar-refractivity contribution in [3.05, 3.63) is 0 Å². The van der Waals surface area contributed by atoms with E-state index < -0.39 is 0 Å². The summed E-state index contributed by atoms with van der Waals surface area (Å²) in [4.78, 5) is 4.24. The Kier molecular flexibility index (Phi) is 10.1. The summed E-state index contributed by atoms with van der Waals surface area (Å²) in [5.74, 6) is 2.39. The van der Waals surface area contributed by atoms with E-state index in [4.69, 9.17) is 0 Å². The molecule has 0 saturated carbocycles. The van der Waals surface area contributed by atoms with Crippen molar-refractivity contribution in [2.75, 3.05) is 56.4 Å². The Morgan fingerprint density at radius 2 is 0.812 bits per heavy atom. The molecule has 0 N–H and O–H groups in total. The molecule has 0 aromatic carbocycles. The minimum Gasteiger partial charge on any atom is -1.00 e. The molecule has 0 radical (unpaired) electrons. The third-order valence-corrected chi connectivity index (χ3v) is 1.89. The summed E-state index contributed by atoms with van der Waals surface area (Å²) in [7, 11) is 16.5. The molecule has 0 unspecified atom stereocenters. The lowest BCUT2D eigenvalue weighted by Crippen LogP contribution is -3.00. The van der Waals surface area contributed by atoms with Crippen LogP contribution in [0, 0.1) is 0 Å². The Bertz CT molecular complexity index is 234. The zero-order valence-corrected chi connectivity index (χ0v) is 11.5. The van der Waals surface area contributed by atoms with Gasteiger partial charge in [-0.2, -0.15) is 0 Å². The lowest BCUT2D eigenvalue weighted by Gasteiger charge is -2.15. The zero-order valence-electron chi connectivity index (χ0n) is 11.5. The van der Waals surface area contributed by atoms with Gasteiger partial charge in [-0.3, -0.25) is 19.0 Å². The Labute approximate surface area is 97.2 Å². The Balaban J connectivity index is -0.000000845. The fraction of sp³-hybridized carbons (Fsp3) is 0.800. The van der Waals surface area contributed by atoms with Crippen molar-refractivity contribution in [2.24, 2.45) is 0 Å².